The number of amides is 1. The standard InChI is InChI=1S/C28H22N6O/c29-16-22-8-2-1-7-21(22)13-15-32-27-25(28(35)33-19-20-6-5-14-31-18-20)11-12-26(34-27)24-10-4-3-9-23(24)17-30/h1-12,14,18H,13,15,19H2,(H,32,34)(H,33,35). The Morgan fingerprint density at radius 1 is 0.886 bits per heavy atom. The van der Waals surface area contributed by atoms with Crippen molar-refractivity contribution in [1.82, 2.24) is 15.3 Å². The number of benzene rings is 2. The summed E-state index contributed by atoms with van der Waals surface area (Å²) in [4.78, 5) is 21.8. The number of nitrogens with one attached hydrogen (secondary N) is 2. The Kier molecular flexibility index (Phi) is 7.42. The molecule has 4 rings (SSSR count). The summed E-state index contributed by atoms with van der Waals surface area (Å²) in [7, 11) is 0. The van der Waals surface area contributed by atoms with Gasteiger partial charge in [-0.15, -0.1) is 0 Å². The van der Waals surface area contributed by atoms with E-state index in [9.17, 15) is 15.3 Å². The number of nitrogens with zero attached hydrogens (tertiary/aromatic N) is 4. The number of carbonyl (C=O) groups excluding carboxylic acids is 1. The van der Waals surface area contributed by atoms with Crippen LogP contribution < -0.4 is 10.6 Å². The molecule has 0 aliphatic heterocycles. The zero-order valence-corrected chi connectivity index (χ0v) is 18.9. The van der Waals surface area contributed by atoms with Crippen LogP contribution in [0.1, 0.15) is 32.6 Å². The lowest BCUT2D eigenvalue weighted by molar-refractivity contribution is 0.0951. The summed E-state index contributed by atoms with van der Waals surface area (Å²) < 4.78 is 0. The van der Waals surface area contributed by atoms with Gasteiger partial charge in [0.05, 0.1) is 34.5 Å². The van der Waals surface area contributed by atoms with E-state index >= 15 is 0 Å². The molecule has 0 fully saturated rings. The van der Waals surface area contributed by atoms with Crippen molar-refractivity contribution >= 4 is 11.7 Å². The normalized spacial score (nSPS) is 10.1. The molecule has 7 heteroatoms. The van der Waals surface area contributed by atoms with E-state index in [0.29, 0.717) is 53.3 Å². The van der Waals surface area contributed by atoms with Crippen molar-refractivity contribution in [1.29, 1.82) is 10.5 Å². The number of rotatable bonds is 8. The van der Waals surface area contributed by atoms with E-state index in [0.717, 1.165) is 11.1 Å². The summed E-state index contributed by atoms with van der Waals surface area (Å²) in [5.74, 6) is 0.134. The zero-order chi connectivity index (χ0) is 24.5. The second kappa shape index (κ2) is 11.2. The van der Waals surface area contributed by atoms with Crippen LogP contribution in [-0.4, -0.2) is 22.4 Å². The molecule has 2 N–H and O–H groups in total. The van der Waals surface area contributed by atoms with Crippen molar-refractivity contribution < 1.29 is 4.79 Å². The van der Waals surface area contributed by atoms with Gasteiger partial charge in [0, 0.05) is 31.0 Å². The van der Waals surface area contributed by atoms with Gasteiger partial charge in [-0.2, -0.15) is 10.5 Å². The predicted octanol–water partition coefficient (Wildman–Crippen LogP) is 4.47. The van der Waals surface area contributed by atoms with Gasteiger partial charge in [-0.05, 0) is 47.9 Å². The highest BCUT2D eigenvalue weighted by Gasteiger charge is 2.16. The first-order valence-corrected chi connectivity index (χ1v) is 11.1. The van der Waals surface area contributed by atoms with Crippen LogP contribution in [0.4, 0.5) is 5.82 Å². The molecule has 0 aliphatic carbocycles. The van der Waals surface area contributed by atoms with Gasteiger partial charge in [0.1, 0.15) is 5.82 Å². The quantitative estimate of drug-likeness (QED) is 0.403. The first-order valence-electron chi connectivity index (χ1n) is 11.1. The van der Waals surface area contributed by atoms with Crippen molar-refractivity contribution in [2.45, 2.75) is 13.0 Å². The van der Waals surface area contributed by atoms with Crippen LogP contribution in [0.2, 0.25) is 0 Å². The number of hydrogen-bond acceptors (Lipinski definition) is 6. The number of nitriles is 2. The zero-order valence-electron chi connectivity index (χ0n) is 18.9. The molecule has 2 heterocycles. The van der Waals surface area contributed by atoms with Gasteiger partial charge in [-0.25, -0.2) is 4.98 Å². The number of aromatic nitrogens is 2. The van der Waals surface area contributed by atoms with Gasteiger partial charge >= 0.3 is 0 Å². The molecular weight excluding hydrogens is 436 g/mol. The third-order valence-corrected chi connectivity index (χ3v) is 5.46. The number of hydrogen-bond donors (Lipinski definition) is 2. The number of carbonyl (C=O) groups is 1. The molecule has 0 saturated heterocycles. The van der Waals surface area contributed by atoms with Crippen LogP contribution >= 0.6 is 0 Å². The molecule has 0 radical (unpaired) electrons. The highest BCUT2D eigenvalue weighted by Crippen LogP contribution is 2.25. The van der Waals surface area contributed by atoms with Gasteiger partial charge in [0.2, 0.25) is 0 Å². The van der Waals surface area contributed by atoms with Crippen LogP contribution in [0.3, 0.4) is 0 Å². The van der Waals surface area contributed by atoms with E-state index in [1.807, 2.05) is 42.5 Å². The highest BCUT2D eigenvalue weighted by molar-refractivity contribution is 5.99. The summed E-state index contributed by atoms with van der Waals surface area (Å²) >= 11 is 0. The number of anilines is 1. The summed E-state index contributed by atoms with van der Waals surface area (Å²) in [5, 5.41) is 25.0. The van der Waals surface area contributed by atoms with Crippen LogP contribution in [0, 0.1) is 22.7 Å². The Balaban J connectivity index is 1.60. The molecule has 170 valence electrons. The molecule has 0 unspecified atom stereocenters. The third kappa shape index (κ3) is 5.68. The van der Waals surface area contributed by atoms with Crippen LogP contribution in [0.15, 0.2) is 85.2 Å². The van der Waals surface area contributed by atoms with Gasteiger partial charge < -0.3 is 10.6 Å². The molecule has 7 nitrogen and oxygen atoms in total. The molecule has 0 spiro atoms. The first-order chi connectivity index (χ1) is 17.2. The molecular formula is C28H22N6O. The van der Waals surface area contributed by atoms with Gasteiger partial charge in [0.25, 0.3) is 5.91 Å². The summed E-state index contributed by atoms with van der Waals surface area (Å²) in [5.41, 5.74) is 4.59. The van der Waals surface area contributed by atoms with Crippen LogP contribution in [0.25, 0.3) is 11.3 Å². The Labute approximate surface area is 203 Å². The lowest BCUT2D eigenvalue weighted by Gasteiger charge is -2.14. The fourth-order valence-corrected chi connectivity index (χ4v) is 3.67. The monoisotopic (exact) mass is 458 g/mol. The Morgan fingerprint density at radius 2 is 1.66 bits per heavy atom. The summed E-state index contributed by atoms with van der Waals surface area (Å²) in [6.07, 6.45) is 3.97. The van der Waals surface area contributed by atoms with Gasteiger partial charge in [-0.3, -0.25) is 9.78 Å². The average molecular weight is 459 g/mol. The molecule has 1 amide bonds. The van der Waals surface area contributed by atoms with Gasteiger partial charge in [-0.1, -0.05) is 42.5 Å². The minimum Gasteiger partial charge on any atom is -0.369 e. The maximum absolute atomic E-state index is 13.0. The number of pyridine rings is 2. The molecule has 0 atom stereocenters. The summed E-state index contributed by atoms with van der Waals surface area (Å²) in [6.45, 7) is 0.804. The average Bonchev–Trinajstić information content (AvgIpc) is 2.92. The van der Waals surface area contributed by atoms with E-state index in [4.69, 9.17) is 4.98 Å². The minimum absolute atomic E-state index is 0.276. The van der Waals surface area contributed by atoms with Crippen LogP contribution in [0.5, 0.6) is 0 Å². The van der Waals surface area contributed by atoms with E-state index in [2.05, 4.69) is 27.8 Å². The molecule has 2 aromatic heterocycles. The van der Waals surface area contributed by atoms with E-state index in [1.54, 1.807) is 42.7 Å². The molecule has 4 aromatic rings. The predicted molar refractivity (Wildman–Crippen MR) is 133 cm³/mol. The third-order valence-electron chi connectivity index (χ3n) is 5.46. The Morgan fingerprint density at radius 3 is 2.43 bits per heavy atom. The molecule has 0 bridgehead atoms. The SMILES string of the molecule is N#Cc1ccccc1CCNc1nc(-c2ccccc2C#N)ccc1C(=O)NCc1cccnc1. The van der Waals surface area contributed by atoms with Crippen molar-refractivity contribution in [3.05, 3.63) is 113 Å². The molecule has 0 saturated carbocycles. The fourth-order valence-electron chi connectivity index (χ4n) is 3.67. The lowest BCUT2D eigenvalue weighted by Crippen LogP contribution is -2.25. The first kappa shape index (κ1) is 23.2. The van der Waals surface area contributed by atoms with Gasteiger partial charge in [0.15, 0.2) is 0 Å². The van der Waals surface area contributed by atoms with Crippen molar-refractivity contribution in [2.75, 3.05) is 11.9 Å². The molecule has 2 aromatic carbocycles. The maximum atomic E-state index is 13.0. The van der Waals surface area contributed by atoms with E-state index in [1.165, 1.54) is 0 Å². The van der Waals surface area contributed by atoms with E-state index < -0.39 is 0 Å². The smallest absolute Gasteiger partial charge is 0.255 e. The molecule has 0 aliphatic rings. The minimum atomic E-state index is -0.276. The Hall–Kier alpha value is -5.01. The highest BCUT2D eigenvalue weighted by atomic mass is 16.1. The van der Waals surface area contributed by atoms with Crippen LogP contribution in [-0.2, 0) is 13.0 Å². The largest absolute Gasteiger partial charge is 0.369 e. The Bertz CT molecular complexity index is 1420. The molecule has 35 heavy (non-hydrogen) atoms. The van der Waals surface area contributed by atoms with Crippen molar-refractivity contribution in [2.24, 2.45) is 0 Å². The van der Waals surface area contributed by atoms with Crippen molar-refractivity contribution in [3.63, 3.8) is 0 Å². The maximum Gasteiger partial charge on any atom is 0.255 e. The lowest BCUT2D eigenvalue weighted by atomic mass is 10.0. The topological polar surface area (TPSA) is 114 Å². The second-order valence-corrected chi connectivity index (χ2v) is 7.74. The fraction of sp³-hybridized carbons (Fsp3) is 0.107. The second-order valence-electron chi connectivity index (χ2n) is 7.74. The van der Waals surface area contributed by atoms with E-state index in [-0.39, 0.29) is 5.91 Å². The van der Waals surface area contributed by atoms with Crippen molar-refractivity contribution in [3.8, 4) is 23.4 Å². The summed E-state index contributed by atoms with van der Waals surface area (Å²) in [6, 6.07) is 26.2.